The molecular weight excluding hydrogens is 458 g/mol. The second kappa shape index (κ2) is 15.4. The minimum atomic E-state index is 0.00251. The van der Waals surface area contributed by atoms with Crippen molar-refractivity contribution in [3.63, 3.8) is 0 Å². The highest BCUT2D eigenvalue weighted by Crippen LogP contribution is 2.28. The van der Waals surface area contributed by atoms with Crippen LogP contribution >= 0.6 is 23.5 Å². The average molecular weight is 496 g/mol. The zero-order valence-electron chi connectivity index (χ0n) is 20.0. The first-order valence-electron chi connectivity index (χ1n) is 11.4. The molecular formula is C24H38ClN5O2S. The standard InChI is InChI=1S/C24H38ClN5O2S/c1-5-29(14-16-32-4)20-8-12-30(13-9-20)33-21(10-15-31)7-6-11-28-23-18-27-17-22(25)24(23)19(2)26-3/h6-7,10-11,17,20,26-27,31H,2,5,8-9,12-16,18H2,1,3-4H3/b7-6-,21-10+,28-11?. The van der Waals surface area contributed by atoms with Crippen molar-refractivity contribution in [1.29, 1.82) is 0 Å². The molecule has 3 N–H and O–H groups in total. The van der Waals surface area contributed by atoms with E-state index < -0.39 is 0 Å². The van der Waals surface area contributed by atoms with Crippen LogP contribution in [-0.4, -0.2) is 86.7 Å². The van der Waals surface area contributed by atoms with E-state index in [1.165, 1.54) is 0 Å². The molecule has 2 rings (SSSR count). The van der Waals surface area contributed by atoms with Crippen LogP contribution in [0.5, 0.6) is 0 Å². The fraction of sp³-hybridized carbons (Fsp3) is 0.542. The molecule has 33 heavy (non-hydrogen) atoms. The summed E-state index contributed by atoms with van der Waals surface area (Å²) in [6.07, 6.45) is 11.5. The molecule has 0 aromatic carbocycles. The van der Waals surface area contributed by atoms with E-state index in [-0.39, 0.29) is 6.61 Å². The predicted octanol–water partition coefficient (Wildman–Crippen LogP) is 3.24. The van der Waals surface area contributed by atoms with Crippen molar-refractivity contribution in [2.24, 2.45) is 4.99 Å². The summed E-state index contributed by atoms with van der Waals surface area (Å²) < 4.78 is 7.62. The number of methoxy groups -OCH3 is 1. The zero-order valence-corrected chi connectivity index (χ0v) is 21.6. The second-order valence-corrected chi connectivity index (χ2v) is 9.30. The molecule has 0 aromatic rings. The molecule has 2 aliphatic heterocycles. The molecule has 0 radical (unpaired) electrons. The lowest BCUT2D eigenvalue weighted by atomic mass is 10.0. The molecule has 1 saturated heterocycles. The van der Waals surface area contributed by atoms with E-state index in [0.717, 1.165) is 67.5 Å². The first-order chi connectivity index (χ1) is 16.0. The molecule has 0 aromatic heterocycles. The van der Waals surface area contributed by atoms with E-state index in [9.17, 15) is 5.11 Å². The topological polar surface area (TPSA) is 72.4 Å². The number of hydrogen-bond donors (Lipinski definition) is 3. The normalized spacial score (nSPS) is 19.0. The molecule has 0 spiro atoms. The summed E-state index contributed by atoms with van der Waals surface area (Å²) in [4.78, 5) is 8.09. The van der Waals surface area contributed by atoms with E-state index in [1.807, 2.05) is 25.3 Å². The van der Waals surface area contributed by atoms with Crippen molar-refractivity contribution in [1.82, 2.24) is 19.8 Å². The van der Waals surface area contributed by atoms with Crippen LogP contribution in [0, 0.1) is 0 Å². The number of likely N-dealkylation sites (N-methyl/N-ethyl adjacent to an activating group) is 2. The van der Waals surface area contributed by atoms with Gasteiger partial charge in [0.2, 0.25) is 0 Å². The largest absolute Gasteiger partial charge is 0.392 e. The Morgan fingerprint density at radius 2 is 2.24 bits per heavy atom. The number of nitrogens with one attached hydrogen (secondary N) is 2. The van der Waals surface area contributed by atoms with Crippen LogP contribution in [0.15, 0.2) is 62.9 Å². The Labute approximate surface area is 208 Å². The number of allylic oxidation sites excluding steroid dienone is 3. The maximum absolute atomic E-state index is 9.46. The summed E-state index contributed by atoms with van der Waals surface area (Å²) in [5.74, 6) is 0. The van der Waals surface area contributed by atoms with Crippen LogP contribution in [0.25, 0.3) is 0 Å². The summed E-state index contributed by atoms with van der Waals surface area (Å²) in [5.41, 5.74) is 2.37. The summed E-state index contributed by atoms with van der Waals surface area (Å²) >= 11 is 8.01. The highest BCUT2D eigenvalue weighted by molar-refractivity contribution is 8.01. The number of aliphatic hydroxyl groups is 1. The van der Waals surface area contributed by atoms with Crippen LogP contribution < -0.4 is 10.6 Å². The molecule has 7 nitrogen and oxygen atoms in total. The number of aliphatic imine (C=N–C) groups is 1. The fourth-order valence-electron chi connectivity index (χ4n) is 3.84. The van der Waals surface area contributed by atoms with Gasteiger partial charge in [-0.15, -0.1) is 0 Å². The highest BCUT2D eigenvalue weighted by Gasteiger charge is 2.24. The molecule has 184 valence electrons. The van der Waals surface area contributed by atoms with Gasteiger partial charge in [0, 0.05) is 68.4 Å². The van der Waals surface area contributed by atoms with Gasteiger partial charge in [0.05, 0.1) is 30.5 Å². The van der Waals surface area contributed by atoms with Gasteiger partial charge in [0.15, 0.2) is 0 Å². The van der Waals surface area contributed by atoms with Gasteiger partial charge in [-0.2, -0.15) is 0 Å². The summed E-state index contributed by atoms with van der Waals surface area (Å²) in [7, 11) is 3.57. The molecule has 0 saturated carbocycles. The molecule has 0 atom stereocenters. The van der Waals surface area contributed by atoms with Crippen molar-refractivity contribution >= 4 is 29.8 Å². The monoisotopic (exact) mass is 495 g/mol. The Morgan fingerprint density at radius 1 is 1.48 bits per heavy atom. The molecule has 0 aliphatic carbocycles. The number of dihydropyridines is 1. The second-order valence-electron chi connectivity index (χ2n) is 7.72. The first kappa shape index (κ1) is 27.7. The van der Waals surface area contributed by atoms with E-state index in [4.69, 9.17) is 16.3 Å². The number of aliphatic hydroxyl groups excluding tert-OH is 1. The maximum Gasteiger partial charge on any atom is 0.0702 e. The third kappa shape index (κ3) is 8.96. The molecule has 2 aliphatic rings. The van der Waals surface area contributed by atoms with Gasteiger partial charge in [-0.1, -0.05) is 25.1 Å². The van der Waals surface area contributed by atoms with Crippen molar-refractivity contribution in [2.45, 2.75) is 25.8 Å². The van der Waals surface area contributed by atoms with Gasteiger partial charge in [-0.25, -0.2) is 4.31 Å². The quantitative estimate of drug-likeness (QED) is 0.206. The summed E-state index contributed by atoms with van der Waals surface area (Å²) in [6, 6.07) is 0.606. The number of rotatable bonds is 13. The Hall–Kier alpha value is -1.55. The van der Waals surface area contributed by atoms with E-state index in [1.54, 1.807) is 31.5 Å². The maximum atomic E-state index is 9.46. The predicted molar refractivity (Wildman–Crippen MR) is 141 cm³/mol. The van der Waals surface area contributed by atoms with Gasteiger partial charge in [0.25, 0.3) is 0 Å². The highest BCUT2D eigenvalue weighted by atomic mass is 35.5. The van der Waals surface area contributed by atoms with Gasteiger partial charge >= 0.3 is 0 Å². The molecule has 0 unspecified atom stereocenters. The van der Waals surface area contributed by atoms with Crippen LogP contribution in [0.4, 0.5) is 0 Å². The minimum Gasteiger partial charge on any atom is -0.392 e. The lowest BCUT2D eigenvalue weighted by Crippen LogP contribution is -2.44. The molecule has 2 heterocycles. The average Bonchev–Trinajstić information content (AvgIpc) is 2.83. The third-order valence-corrected chi connectivity index (χ3v) is 7.10. The van der Waals surface area contributed by atoms with Gasteiger partial charge in [-0.3, -0.25) is 9.89 Å². The van der Waals surface area contributed by atoms with Crippen molar-refractivity contribution in [3.05, 3.63) is 57.9 Å². The van der Waals surface area contributed by atoms with Crippen LogP contribution in [0.3, 0.4) is 0 Å². The third-order valence-electron chi connectivity index (χ3n) is 5.66. The molecule has 9 heteroatoms. The lowest BCUT2D eigenvalue weighted by molar-refractivity contribution is 0.101. The number of ether oxygens (including phenoxy) is 1. The van der Waals surface area contributed by atoms with Gasteiger partial charge in [-0.05, 0) is 49.6 Å². The number of hydrogen-bond acceptors (Lipinski definition) is 8. The van der Waals surface area contributed by atoms with E-state index in [2.05, 4.69) is 38.3 Å². The van der Waals surface area contributed by atoms with Gasteiger partial charge < -0.3 is 20.5 Å². The van der Waals surface area contributed by atoms with Crippen LogP contribution in [-0.2, 0) is 4.74 Å². The summed E-state index contributed by atoms with van der Waals surface area (Å²) in [5, 5.41) is 16.2. The lowest BCUT2D eigenvalue weighted by Gasteiger charge is -2.37. The number of nitrogens with zero attached hydrogens (tertiary/aromatic N) is 3. The first-order valence-corrected chi connectivity index (χ1v) is 12.6. The van der Waals surface area contributed by atoms with E-state index >= 15 is 0 Å². The molecule has 0 bridgehead atoms. The molecule has 0 amide bonds. The van der Waals surface area contributed by atoms with E-state index in [0.29, 0.717) is 17.6 Å². The number of halogens is 1. The fourth-order valence-corrected chi connectivity index (χ4v) is 5.12. The van der Waals surface area contributed by atoms with Crippen molar-refractivity contribution in [2.75, 3.05) is 60.1 Å². The SMILES string of the molecule is C=C(NC)C1=C(N=C/C=C\C(=C/CO)SN2CCC(N(CC)CCOC)CC2)CNC=C1Cl. The van der Waals surface area contributed by atoms with Crippen LogP contribution in [0.2, 0.25) is 0 Å². The zero-order chi connectivity index (χ0) is 24.1. The Balaban J connectivity index is 1.94. The Kier molecular flexibility index (Phi) is 12.9. The van der Waals surface area contributed by atoms with Gasteiger partial charge in [0.1, 0.15) is 0 Å². The summed E-state index contributed by atoms with van der Waals surface area (Å²) in [6.45, 7) is 11.7. The smallest absolute Gasteiger partial charge is 0.0702 e. The Morgan fingerprint density at radius 3 is 2.88 bits per heavy atom. The minimum absolute atomic E-state index is 0.00251. The number of piperidine rings is 1. The molecule has 1 fully saturated rings. The van der Waals surface area contributed by atoms with Crippen molar-refractivity contribution < 1.29 is 9.84 Å². The van der Waals surface area contributed by atoms with Crippen LogP contribution in [0.1, 0.15) is 19.8 Å². The van der Waals surface area contributed by atoms with Crippen molar-refractivity contribution in [3.8, 4) is 0 Å². The Bertz CT molecular complexity index is 786.